The molecule has 1 fully saturated rings. The molecule has 2 aromatic rings. The molecule has 0 radical (unpaired) electrons. The van der Waals surface area contributed by atoms with Crippen molar-refractivity contribution in [2.45, 2.75) is 6.42 Å². The van der Waals surface area contributed by atoms with Crippen LogP contribution in [0.4, 0.5) is 5.82 Å². The van der Waals surface area contributed by atoms with E-state index >= 15 is 0 Å². The van der Waals surface area contributed by atoms with Crippen LogP contribution >= 0.6 is 0 Å². The maximum Gasteiger partial charge on any atom is 1.00 e. The predicted molar refractivity (Wildman–Crippen MR) is 58.2 cm³/mol. The van der Waals surface area contributed by atoms with E-state index in [1.807, 2.05) is 0 Å². The Hall–Kier alpha value is -0.0536. The molecule has 7 heteroatoms. The SMILES string of the molecule is [K+].[c-]1nc(N2CCCOCC2)c2cn[nH]c2n1. The van der Waals surface area contributed by atoms with Gasteiger partial charge in [0.05, 0.1) is 6.61 Å². The van der Waals surface area contributed by atoms with Crippen LogP contribution in [0.2, 0.25) is 0 Å². The molecule has 0 bridgehead atoms. The van der Waals surface area contributed by atoms with Crippen LogP contribution < -0.4 is 56.3 Å². The number of hydrogen-bond acceptors (Lipinski definition) is 5. The summed E-state index contributed by atoms with van der Waals surface area (Å²) in [6.07, 6.45) is 5.43. The van der Waals surface area contributed by atoms with Gasteiger partial charge < -0.3 is 24.7 Å². The Morgan fingerprint density at radius 3 is 3.18 bits per heavy atom. The largest absolute Gasteiger partial charge is 1.00 e. The fourth-order valence-corrected chi connectivity index (χ4v) is 1.91. The molecule has 1 aliphatic heterocycles. The fraction of sp³-hybridized carbons (Fsp3) is 0.500. The van der Waals surface area contributed by atoms with Gasteiger partial charge in [0.2, 0.25) is 0 Å². The molecule has 0 aliphatic carbocycles. The summed E-state index contributed by atoms with van der Waals surface area (Å²) in [6.45, 7) is 3.36. The molecule has 0 spiro atoms. The van der Waals surface area contributed by atoms with E-state index in [9.17, 15) is 0 Å². The van der Waals surface area contributed by atoms with E-state index in [2.05, 4.69) is 31.4 Å². The van der Waals surface area contributed by atoms with E-state index in [1.165, 1.54) is 0 Å². The van der Waals surface area contributed by atoms with Crippen molar-refractivity contribution in [1.29, 1.82) is 0 Å². The molecule has 0 unspecified atom stereocenters. The molecular formula is C10H12KN5O. The van der Waals surface area contributed by atoms with Gasteiger partial charge >= 0.3 is 51.4 Å². The van der Waals surface area contributed by atoms with Crippen LogP contribution in [0.1, 0.15) is 6.42 Å². The van der Waals surface area contributed by atoms with E-state index < -0.39 is 0 Å². The monoisotopic (exact) mass is 257 g/mol. The molecule has 0 atom stereocenters. The minimum Gasteiger partial charge on any atom is -0.406 e. The van der Waals surface area contributed by atoms with Crippen LogP contribution in [-0.4, -0.2) is 46.5 Å². The number of nitrogens with one attached hydrogen (secondary N) is 1. The number of hydrogen-bond donors (Lipinski definition) is 1. The van der Waals surface area contributed by atoms with Gasteiger partial charge in [-0.1, -0.05) is 0 Å². The number of anilines is 1. The van der Waals surface area contributed by atoms with E-state index in [0.717, 1.165) is 49.6 Å². The second-order valence-corrected chi connectivity index (χ2v) is 3.73. The zero-order valence-electron chi connectivity index (χ0n) is 9.81. The molecular weight excluding hydrogens is 245 g/mol. The third kappa shape index (κ3) is 2.86. The Labute approximate surface area is 142 Å². The minimum absolute atomic E-state index is 0. The van der Waals surface area contributed by atoms with Gasteiger partial charge in [0.15, 0.2) is 0 Å². The molecule has 3 rings (SSSR count). The average molecular weight is 257 g/mol. The summed E-state index contributed by atoms with van der Waals surface area (Å²) in [5.41, 5.74) is 0.732. The van der Waals surface area contributed by atoms with Crippen molar-refractivity contribution in [3.8, 4) is 0 Å². The second kappa shape index (κ2) is 6.21. The molecule has 1 aliphatic rings. The van der Waals surface area contributed by atoms with Crippen LogP contribution in [0.5, 0.6) is 0 Å². The topological polar surface area (TPSA) is 66.9 Å². The summed E-state index contributed by atoms with van der Waals surface area (Å²) in [7, 11) is 0. The summed E-state index contributed by atoms with van der Waals surface area (Å²) >= 11 is 0. The number of aromatic amines is 1. The van der Waals surface area contributed by atoms with Crippen LogP contribution in [0.15, 0.2) is 6.20 Å². The van der Waals surface area contributed by atoms with E-state index in [0.29, 0.717) is 0 Å². The van der Waals surface area contributed by atoms with Gasteiger partial charge in [0.25, 0.3) is 0 Å². The Balaban J connectivity index is 0.00000108. The molecule has 1 saturated heterocycles. The minimum atomic E-state index is 0. The molecule has 0 aromatic carbocycles. The fourth-order valence-electron chi connectivity index (χ4n) is 1.91. The zero-order chi connectivity index (χ0) is 10.8. The van der Waals surface area contributed by atoms with Crippen LogP contribution in [0.25, 0.3) is 11.0 Å². The van der Waals surface area contributed by atoms with Gasteiger partial charge in [0, 0.05) is 43.7 Å². The van der Waals surface area contributed by atoms with Crippen molar-refractivity contribution in [3.63, 3.8) is 0 Å². The summed E-state index contributed by atoms with van der Waals surface area (Å²) in [4.78, 5) is 10.4. The number of fused-ring (bicyclic) bond motifs is 1. The molecule has 1 N–H and O–H groups in total. The number of H-pyrrole nitrogens is 1. The first-order chi connectivity index (χ1) is 7.95. The van der Waals surface area contributed by atoms with Gasteiger partial charge in [-0.15, -0.1) is 0 Å². The van der Waals surface area contributed by atoms with E-state index in [4.69, 9.17) is 4.74 Å². The summed E-state index contributed by atoms with van der Waals surface area (Å²) < 4.78 is 5.42. The second-order valence-electron chi connectivity index (χ2n) is 3.73. The smallest absolute Gasteiger partial charge is 0.406 e. The third-order valence-electron chi connectivity index (χ3n) is 2.70. The maximum absolute atomic E-state index is 5.42. The Morgan fingerprint density at radius 2 is 2.24 bits per heavy atom. The number of rotatable bonds is 1. The predicted octanol–water partition coefficient (Wildman–Crippen LogP) is -2.62. The van der Waals surface area contributed by atoms with Crippen LogP contribution in [0.3, 0.4) is 0 Å². The van der Waals surface area contributed by atoms with Gasteiger partial charge in [-0.05, 0) is 11.8 Å². The standard InChI is InChI=1S/C10H12N5O.K/c1-2-15(3-5-16-4-1)10-8-6-13-14-9(8)11-7-12-10;/h6H,1-5H2,(H,11,12,13,14);/q-1;+1. The maximum atomic E-state index is 5.42. The van der Waals surface area contributed by atoms with Crippen LogP contribution in [-0.2, 0) is 4.74 Å². The Morgan fingerprint density at radius 1 is 1.29 bits per heavy atom. The van der Waals surface area contributed by atoms with Crippen molar-refractivity contribution >= 4 is 16.9 Å². The van der Waals surface area contributed by atoms with Gasteiger partial charge in [-0.2, -0.15) is 5.10 Å². The van der Waals surface area contributed by atoms with Crippen molar-refractivity contribution in [2.75, 3.05) is 31.2 Å². The average Bonchev–Trinajstić information content (AvgIpc) is 2.63. The molecule has 0 saturated carbocycles. The first kappa shape index (κ1) is 13.4. The number of ether oxygens (including phenoxy) is 1. The summed E-state index contributed by atoms with van der Waals surface area (Å²) in [6, 6.07) is 0. The Bertz CT molecular complexity index is 480. The molecule has 84 valence electrons. The quantitative estimate of drug-likeness (QED) is 0.448. The molecule has 17 heavy (non-hydrogen) atoms. The zero-order valence-corrected chi connectivity index (χ0v) is 12.9. The van der Waals surface area contributed by atoms with Gasteiger partial charge in [0.1, 0.15) is 0 Å². The van der Waals surface area contributed by atoms with Crippen molar-refractivity contribution in [3.05, 3.63) is 12.5 Å². The van der Waals surface area contributed by atoms with Crippen molar-refractivity contribution in [2.24, 2.45) is 0 Å². The third-order valence-corrected chi connectivity index (χ3v) is 2.70. The normalized spacial score (nSPS) is 16.6. The van der Waals surface area contributed by atoms with Crippen molar-refractivity contribution in [1.82, 2.24) is 20.2 Å². The Kier molecular flexibility index (Phi) is 4.89. The number of nitrogens with zero attached hydrogens (tertiary/aromatic N) is 4. The molecule has 6 nitrogen and oxygen atoms in total. The summed E-state index contributed by atoms with van der Waals surface area (Å²) in [5, 5.41) is 7.74. The van der Waals surface area contributed by atoms with Gasteiger partial charge in [-0.3, -0.25) is 0 Å². The first-order valence-electron chi connectivity index (χ1n) is 5.35. The first-order valence-corrected chi connectivity index (χ1v) is 5.35. The van der Waals surface area contributed by atoms with E-state index in [1.54, 1.807) is 6.20 Å². The van der Waals surface area contributed by atoms with E-state index in [-0.39, 0.29) is 51.4 Å². The molecule has 2 aromatic heterocycles. The molecule has 3 heterocycles. The van der Waals surface area contributed by atoms with Crippen LogP contribution in [0, 0.1) is 6.33 Å². The molecule has 0 amide bonds. The van der Waals surface area contributed by atoms with Gasteiger partial charge in [-0.25, -0.2) is 0 Å². The van der Waals surface area contributed by atoms with Crippen molar-refractivity contribution < 1.29 is 56.1 Å². The number of aromatic nitrogens is 4. The summed E-state index contributed by atoms with van der Waals surface area (Å²) in [5.74, 6) is 0.893.